The molecule has 0 aliphatic rings. The number of nitrogens with zero attached hydrogens (tertiary/aromatic N) is 1. The number of aromatic nitrogens is 1. The van der Waals surface area contributed by atoms with Gasteiger partial charge in [0.25, 0.3) is 0 Å². The van der Waals surface area contributed by atoms with E-state index in [-0.39, 0.29) is 17.3 Å². The van der Waals surface area contributed by atoms with E-state index in [2.05, 4.69) is 9.72 Å². The normalized spacial score (nSPS) is 11.7. The first kappa shape index (κ1) is 13.4. The van der Waals surface area contributed by atoms with Crippen LogP contribution in [0.25, 0.3) is 0 Å². The fraction of sp³-hybridized carbons (Fsp3) is 0.364. The summed E-state index contributed by atoms with van der Waals surface area (Å²) >= 11 is 5.89. The molecule has 1 rings (SSSR count). The van der Waals surface area contributed by atoms with Gasteiger partial charge in [-0.05, 0) is 19.1 Å². The Morgan fingerprint density at radius 1 is 1.47 bits per heavy atom. The minimum Gasteiger partial charge on any atom is -0.468 e. The molecule has 1 unspecified atom stereocenters. The fourth-order valence-electron chi connectivity index (χ4n) is 1.27. The Bertz CT molecular complexity index is 422. The van der Waals surface area contributed by atoms with E-state index in [1.807, 2.05) is 0 Å². The third kappa shape index (κ3) is 3.17. The number of esters is 2. The van der Waals surface area contributed by atoms with Crippen LogP contribution in [0.4, 0.5) is 0 Å². The van der Waals surface area contributed by atoms with E-state index in [1.165, 1.54) is 13.3 Å². The number of pyridine rings is 1. The molecule has 0 fully saturated rings. The standard InChI is InChI=1S/C11H12ClNO4/c1-3-17-11(15)8(10(14)16-2)9-7(12)5-4-6-13-9/h4-6,8H,3H2,1-2H3. The van der Waals surface area contributed by atoms with Crippen molar-refractivity contribution in [3.63, 3.8) is 0 Å². The third-order valence-electron chi connectivity index (χ3n) is 2.02. The molecule has 5 nitrogen and oxygen atoms in total. The molecule has 0 radical (unpaired) electrons. The van der Waals surface area contributed by atoms with Crippen molar-refractivity contribution in [3.8, 4) is 0 Å². The topological polar surface area (TPSA) is 65.5 Å². The molecule has 1 atom stereocenters. The molecule has 0 saturated carbocycles. The van der Waals surface area contributed by atoms with Crippen molar-refractivity contribution in [2.75, 3.05) is 13.7 Å². The Kier molecular flexibility index (Phi) is 4.90. The number of methoxy groups -OCH3 is 1. The van der Waals surface area contributed by atoms with Gasteiger partial charge in [-0.25, -0.2) is 0 Å². The second-order valence-corrected chi connectivity index (χ2v) is 3.49. The van der Waals surface area contributed by atoms with Crippen molar-refractivity contribution in [2.45, 2.75) is 12.8 Å². The van der Waals surface area contributed by atoms with Crippen LogP contribution in [-0.2, 0) is 19.1 Å². The fourth-order valence-corrected chi connectivity index (χ4v) is 1.50. The third-order valence-corrected chi connectivity index (χ3v) is 2.34. The predicted molar refractivity (Wildman–Crippen MR) is 60.6 cm³/mol. The molecule has 1 heterocycles. The number of carbonyl (C=O) groups is 2. The molecule has 92 valence electrons. The Labute approximate surface area is 104 Å². The van der Waals surface area contributed by atoms with Crippen molar-refractivity contribution in [2.24, 2.45) is 0 Å². The highest BCUT2D eigenvalue weighted by molar-refractivity contribution is 6.31. The highest BCUT2D eigenvalue weighted by Crippen LogP contribution is 2.24. The van der Waals surface area contributed by atoms with E-state index >= 15 is 0 Å². The molecule has 0 amide bonds. The van der Waals surface area contributed by atoms with Gasteiger partial charge in [-0.1, -0.05) is 11.6 Å². The summed E-state index contributed by atoms with van der Waals surface area (Å²) in [7, 11) is 1.19. The summed E-state index contributed by atoms with van der Waals surface area (Å²) < 4.78 is 9.35. The molecular formula is C11H12ClNO4. The number of carbonyl (C=O) groups excluding carboxylic acids is 2. The number of hydrogen-bond acceptors (Lipinski definition) is 5. The summed E-state index contributed by atoms with van der Waals surface area (Å²) in [5.74, 6) is -2.71. The first-order valence-electron chi connectivity index (χ1n) is 4.96. The van der Waals surface area contributed by atoms with Crippen molar-refractivity contribution < 1.29 is 19.1 Å². The van der Waals surface area contributed by atoms with E-state index in [9.17, 15) is 9.59 Å². The second kappa shape index (κ2) is 6.20. The van der Waals surface area contributed by atoms with Crippen LogP contribution in [0.5, 0.6) is 0 Å². The minimum absolute atomic E-state index is 0.138. The molecule has 1 aromatic rings. The summed E-state index contributed by atoms with van der Waals surface area (Å²) in [4.78, 5) is 27.2. The highest BCUT2D eigenvalue weighted by Gasteiger charge is 2.33. The van der Waals surface area contributed by atoms with Crippen LogP contribution < -0.4 is 0 Å². The SMILES string of the molecule is CCOC(=O)C(C(=O)OC)c1ncccc1Cl. The van der Waals surface area contributed by atoms with Crippen LogP contribution in [-0.4, -0.2) is 30.6 Å². The maximum absolute atomic E-state index is 11.7. The molecule has 0 spiro atoms. The highest BCUT2D eigenvalue weighted by atomic mass is 35.5. The van der Waals surface area contributed by atoms with Gasteiger partial charge in [0, 0.05) is 6.20 Å². The summed E-state index contributed by atoms with van der Waals surface area (Å²) in [5, 5.41) is 0.218. The number of rotatable bonds is 4. The summed E-state index contributed by atoms with van der Waals surface area (Å²) in [6, 6.07) is 3.14. The van der Waals surface area contributed by atoms with Gasteiger partial charge in [-0.2, -0.15) is 0 Å². The van der Waals surface area contributed by atoms with E-state index in [1.54, 1.807) is 19.1 Å². The van der Waals surface area contributed by atoms with E-state index < -0.39 is 17.9 Å². The average molecular weight is 258 g/mol. The molecule has 0 aliphatic carbocycles. The lowest BCUT2D eigenvalue weighted by atomic mass is 10.1. The number of ether oxygens (including phenoxy) is 2. The van der Waals surface area contributed by atoms with Crippen molar-refractivity contribution in [3.05, 3.63) is 29.0 Å². The zero-order chi connectivity index (χ0) is 12.8. The Morgan fingerprint density at radius 2 is 2.18 bits per heavy atom. The molecule has 0 aromatic carbocycles. The van der Waals surface area contributed by atoms with Gasteiger partial charge in [-0.15, -0.1) is 0 Å². The van der Waals surface area contributed by atoms with E-state index in [0.29, 0.717) is 0 Å². The maximum Gasteiger partial charge on any atom is 0.326 e. The monoisotopic (exact) mass is 257 g/mol. The molecule has 0 N–H and O–H groups in total. The first-order valence-corrected chi connectivity index (χ1v) is 5.34. The van der Waals surface area contributed by atoms with Crippen LogP contribution >= 0.6 is 11.6 Å². The van der Waals surface area contributed by atoms with Gasteiger partial charge in [-0.3, -0.25) is 14.6 Å². The van der Waals surface area contributed by atoms with Gasteiger partial charge < -0.3 is 9.47 Å². The Morgan fingerprint density at radius 3 is 2.71 bits per heavy atom. The largest absolute Gasteiger partial charge is 0.468 e. The molecule has 0 bridgehead atoms. The van der Waals surface area contributed by atoms with E-state index in [4.69, 9.17) is 16.3 Å². The minimum atomic E-state index is -1.24. The van der Waals surface area contributed by atoms with Crippen LogP contribution in [0.3, 0.4) is 0 Å². The van der Waals surface area contributed by atoms with Gasteiger partial charge in [0.1, 0.15) is 0 Å². The van der Waals surface area contributed by atoms with Gasteiger partial charge in [0.15, 0.2) is 5.92 Å². The quantitative estimate of drug-likeness (QED) is 0.605. The van der Waals surface area contributed by atoms with Crippen LogP contribution in [0, 0.1) is 0 Å². The molecule has 17 heavy (non-hydrogen) atoms. The average Bonchev–Trinajstić information content (AvgIpc) is 2.32. The second-order valence-electron chi connectivity index (χ2n) is 3.08. The van der Waals surface area contributed by atoms with Crippen molar-refractivity contribution >= 4 is 23.5 Å². The molecule has 0 saturated heterocycles. The van der Waals surface area contributed by atoms with Crippen LogP contribution in [0.2, 0.25) is 5.02 Å². The predicted octanol–water partition coefficient (Wildman–Crippen LogP) is 1.55. The molecule has 6 heteroatoms. The molecule has 1 aromatic heterocycles. The maximum atomic E-state index is 11.7. The Hall–Kier alpha value is -1.62. The van der Waals surface area contributed by atoms with Crippen LogP contribution in [0.1, 0.15) is 18.5 Å². The van der Waals surface area contributed by atoms with Crippen molar-refractivity contribution in [1.29, 1.82) is 0 Å². The van der Waals surface area contributed by atoms with Gasteiger partial charge >= 0.3 is 11.9 Å². The lowest BCUT2D eigenvalue weighted by Crippen LogP contribution is -2.26. The molecular weight excluding hydrogens is 246 g/mol. The lowest BCUT2D eigenvalue weighted by molar-refractivity contribution is -0.155. The Balaban J connectivity index is 3.11. The van der Waals surface area contributed by atoms with Gasteiger partial charge in [0.05, 0.1) is 24.4 Å². The van der Waals surface area contributed by atoms with Gasteiger partial charge in [0.2, 0.25) is 0 Å². The van der Waals surface area contributed by atoms with Crippen molar-refractivity contribution in [1.82, 2.24) is 4.98 Å². The summed E-state index contributed by atoms with van der Waals surface area (Å²) in [6.45, 7) is 1.81. The number of hydrogen-bond donors (Lipinski definition) is 0. The lowest BCUT2D eigenvalue weighted by Gasteiger charge is -2.13. The smallest absolute Gasteiger partial charge is 0.326 e. The molecule has 0 aliphatic heterocycles. The first-order chi connectivity index (χ1) is 8.11. The van der Waals surface area contributed by atoms with Crippen LogP contribution in [0.15, 0.2) is 18.3 Å². The summed E-state index contributed by atoms with van der Waals surface area (Å²) in [5.41, 5.74) is 0.138. The van der Waals surface area contributed by atoms with E-state index in [0.717, 1.165) is 0 Å². The zero-order valence-corrected chi connectivity index (χ0v) is 10.2. The number of halogens is 1. The summed E-state index contributed by atoms with van der Waals surface area (Å²) in [6.07, 6.45) is 1.44. The zero-order valence-electron chi connectivity index (χ0n) is 9.47.